The Balaban J connectivity index is 0.00000363. The molecule has 0 unspecified atom stereocenters. The molecule has 0 aliphatic rings. The van der Waals surface area contributed by atoms with Gasteiger partial charge in [0.25, 0.3) is 5.91 Å². The highest BCUT2D eigenvalue weighted by molar-refractivity contribution is 7.91. The second kappa shape index (κ2) is 11.2. The lowest BCUT2D eigenvalue weighted by molar-refractivity contribution is 0.0980. The zero-order valence-electron chi connectivity index (χ0n) is 18.9. The normalized spacial score (nSPS) is 11.5. The topological polar surface area (TPSA) is 70.6 Å². The number of sulfone groups is 1. The summed E-state index contributed by atoms with van der Waals surface area (Å²) in [5.41, 5.74) is 2.16. The van der Waals surface area contributed by atoms with Crippen LogP contribution in [-0.2, 0) is 9.84 Å². The van der Waals surface area contributed by atoms with Crippen molar-refractivity contribution in [3.8, 4) is 0 Å². The first-order chi connectivity index (χ1) is 14.8. The van der Waals surface area contributed by atoms with E-state index in [0.29, 0.717) is 18.2 Å². The van der Waals surface area contributed by atoms with Crippen molar-refractivity contribution in [2.24, 2.45) is 0 Å². The molecule has 0 bridgehead atoms. The minimum atomic E-state index is -3.54. The minimum Gasteiger partial charge on any atom is -0.302 e. The predicted octanol–water partition coefficient (Wildman–Crippen LogP) is 4.81. The molecule has 3 rings (SSSR count). The molecule has 0 spiro atoms. The van der Waals surface area contributed by atoms with Gasteiger partial charge in [0.2, 0.25) is 0 Å². The van der Waals surface area contributed by atoms with Gasteiger partial charge in [0, 0.05) is 13.1 Å². The molecule has 6 nitrogen and oxygen atoms in total. The van der Waals surface area contributed by atoms with E-state index in [1.165, 1.54) is 17.4 Å². The van der Waals surface area contributed by atoms with Crippen molar-refractivity contribution < 1.29 is 13.2 Å². The van der Waals surface area contributed by atoms with E-state index >= 15 is 0 Å². The molecular formula is C23H30ClN3O3S2. The van der Waals surface area contributed by atoms with Gasteiger partial charge in [0.1, 0.15) is 0 Å². The van der Waals surface area contributed by atoms with Crippen molar-refractivity contribution in [1.29, 1.82) is 0 Å². The number of rotatable bonds is 9. The lowest BCUT2D eigenvalue weighted by atomic mass is 10.2. The Morgan fingerprint density at radius 3 is 2.38 bits per heavy atom. The molecule has 0 aliphatic carbocycles. The molecule has 9 heteroatoms. The Morgan fingerprint density at radius 2 is 1.72 bits per heavy atom. The third-order valence-corrected chi connectivity index (χ3v) is 8.20. The van der Waals surface area contributed by atoms with Gasteiger partial charge >= 0.3 is 0 Å². The smallest absolute Gasteiger partial charge is 0.261 e. The molecule has 0 radical (unpaired) electrons. The summed E-state index contributed by atoms with van der Waals surface area (Å²) in [6, 6.07) is 12.5. The zero-order valence-corrected chi connectivity index (χ0v) is 21.3. The largest absolute Gasteiger partial charge is 0.302 e. The number of hydrogen-bond donors (Lipinski definition) is 0. The van der Waals surface area contributed by atoms with Crippen LogP contribution in [0.1, 0.15) is 36.7 Å². The number of anilines is 1. The van der Waals surface area contributed by atoms with Gasteiger partial charge < -0.3 is 4.90 Å². The van der Waals surface area contributed by atoms with Crippen molar-refractivity contribution in [1.82, 2.24) is 9.88 Å². The van der Waals surface area contributed by atoms with Crippen LogP contribution in [0.5, 0.6) is 0 Å². The first-order valence-corrected chi connectivity index (χ1v) is 13.0. The number of aryl methyl sites for hydroxylation is 1. The van der Waals surface area contributed by atoms with Crippen molar-refractivity contribution in [2.75, 3.05) is 36.8 Å². The van der Waals surface area contributed by atoms with E-state index in [4.69, 9.17) is 4.98 Å². The summed E-state index contributed by atoms with van der Waals surface area (Å²) < 4.78 is 26.3. The zero-order chi connectivity index (χ0) is 22.6. The molecule has 2 aromatic carbocycles. The van der Waals surface area contributed by atoms with Crippen LogP contribution in [0.25, 0.3) is 10.2 Å². The Hall–Kier alpha value is -2.00. The molecule has 0 fully saturated rings. The average molecular weight is 496 g/mol. The third-order valence-electron chi connectivity index (χ3n) is 5.38. The van der Waals surface area contributed by atoms with E-state index < -0.39 is 9.84 Å². The quantitative estimate of drug-likeness (QED) is 0.426. The maximum Gasteiger partial charge on any atom is 0.261 e. The van der Waals surface area contributed by atoms with Crippen LogP contribution >= 0.6 is 23.7 Å². The second-order valence-corrected chi connectivity index (χ2v) is 10.6. The summed E-state index contributed by atoms with van der Waals surface area (Å²) in [7, 11) is -3.54. The molecule has 1 aromatic heterocycles. The summed E-state index contributed by atoms with van der Waals surface area (Å²) in [6.07, 6.45) is 0. The van der Waals surface area contributed by atoms with Crippen LogP contribution in [0, 0.1) is 6.92 Å². The third kappa shape index (κ3) is 5.67. The van der Waals surface area contributed by atoms with Gasteiger partial charge in [-0.25, -0.2) is 13.4 Å². The first-order valence-electron chi connectivity index (χ1n) is 10.5. The molecular weight excluding hydrogens is 466 g/mol. The predicted molar refractivity (Wildman–Crippen MR) is 135 cm³/mol. The molecule has 174 valence electrons. The number of aromatic nitrogens is 1. The Morgan fingerprint density at radius 1 is 1.03 bits per heavy atom. The number of hydrogen-bond acceptors (Lipinski definition) is 6. The highest BCUT2D eigenvalue weighted by Gasteiger charge is 2.27. The first kappa shape index (κ1) is 26.3. The Bertz CT molecular complexity index is 1170. The van der Waals surface area contributed by atoms with E-state index in [9.17, 15) is 13.2 Å². The highest BCUT2D eigenvalue weighted by atomic mass is 35.5. The van der Waals surface area contributed by atoms with Crippen molar-refractivity contribution in [3.63, 3.8) is 0 Å². The van der Waals surface area contributed by atoms with Crippen LogP contribution in [0.4, 0.5) is 5.13 Å². The van der Waals surface area contributed by atoms with Gasteiger partial charge in [-0.3, -0.25) is 9.69 Å². The maximum atomic E-state index is 13.7. The van der Waals surface area contributed by atoms with Crippen molar-refractivity contribution in [3.05, 3.63) is 53.6 Å². The standard InChI is InChI=1S/C23H29N3O3S2.ClH/c1-5-25(6-2)14-15-26(23-24-19-13-12-17(4)16-20(19)30-23)22(27)18-10-8-9-11-21(18)31(28,29)7-3;/h8-13,16H,5-7,14-15H2,1-4H3;1H. The summed E-state index contributed by atoms with van der Waals surface area (Å²) in [6.45, 7) is 10.6. The van der Waals surface area contributed by atoms with Crippen LogP contribution in [0.3, 0.4) is 0 Å². The van der Waals surface area contributed by atoms with Crippen molar-refractivity contribution in [2.45, 2.75) is 32.6 Å². The number of thiazole rings is 1. The highest BCUT2D eigenvalue weighted by Crippen LogP contribution is 2.31. The average Bonchev–Trinajstić information content (AvgIpc) is 3.19. The molecule has 3 aromatic rings. The molecule has 1 amide bonds. The van der Waals surface area contributed by atoms with E-state index in [1.807, 2.05) is 19.1 Å². The van der Waals surface area contributed by atoms with Gasteiger partial charge in [-0.15, -0.1) is 12.4 Å². The van der Waals surface area contributed by atoms with Gasteiger partial charge in [-0.2, -0.15) is 0 Å². The fourth-order valence-corrected chi connectivity index (χ4v) is 5.59. The Labute approximate surface area is 200 Å². The van der Waals surface area contributed by atoms with Crippen LogP contribution in [-0.4, -0.2) is 56.1 Å². The van der Waals surface area contributed by atoms with E-state index in [-0.39, 0.29) is 34.5 Å². The second-order valence-electron chi connectivity index (χ2n) is 7.35. The molecule has 0 aliphatic heterocycles. The number of nitrogens with zero attached hydrogens (tertiary/aromatic N) is 3. The van der Waals surface area contributed by atoms with E-state index in [0.717, 1.165) is 28.9 Å². The summed E-state index contributed by atoms with van der Waals surface area (Å²) in [5, 5.41) is 0.585. The summed E-state index contributed by atoms with van der Waals surface area (Å²) in [4.78, 5) is 22.3. The van der Waals surface area contributed by atoms with Gasteiger partial charge in [-0.1, -0.05) is 50.3 Å². The number of carbonyl (C=O) groups is 1. The number of benzene rings is 2. The molecule has 1 heterocycles. The number of halogens is 1. The Kier molecular flexibility index (Phi) is 9.21. The minimum absolute atomic E-state index is 0. The monoisotopic (exact) mass is 495 g/mol. The van der Waals surface area contributed by atoms with E-state index in [1.54, 1.807) is 30.0 Å². The molecule has 32 heavy (non-hydrogen) atoms. The van der Waals surface area contributed by atoms with Gasteiger partial charge in [0.15, 0.2) is 15.0 Å². The van der Waals surface area contributed by atoms with Crippen LogP contribution < -0.4 is 4.90 Å². The number of carbonyl (C=O) groups excluding carboxylic acids is 1. The van der Waals surface area contributed by atoms with Gasteiger partial charge in [-0.05, 0) is 49.8 Å². The fourth-order valence-electron chi connectivity index (χ4n) is 3.42. The molecule has 0 saturated heterocycles. The van der Waals surface area contributed by atoms with Crippen molar-refractivity contribution >= 4 is 54.8 Å². The summed E-state index contributed by atoms with van der Waals surface area (Å²) >= 11 is 1.45. The lowest BCUT2D eigenvalue weighted by Crippen LogP contribution is -2.39. The number of likely N-dealkylation sites (N-methyl/N-ethyl adjacent to an activating group) is 1. The SMILES string of the molecule is CCN(CC)CCN(C(=O)c1ccccc1S(=O)(=O)CC)c1nc2ccc(C)cc2s1.Cl. The molecule has 0 atom stereocenters. The molecule has 0 saturated carbocycles. The lowest BCUT2D eigenvalue weighted by Gasteiger charge is -2.25. The van der Waals surface area contributed by atoms with Gasteiger partial charge in [0.05, 0.1) is 26.4 Å². The van der Waals surface area contributed by atoms with Crippen LogP contribution in [0.2, 0.25) is 0 Å². The fraction of sp³-hybridized carbons (Fsp3) is 0.391. The number of fused-ring (bicyclic) bond motifs is 1. The van der Waals surface area contributed by atoms with E-state index in [2.05, 4.69) is 24.8 Å². The van der Waals surface area contributed by atoms with Crippen LogP contribution in [0.15, 0.2) is 47.4 Å². The number of amides is 1. The maximum absolute atomic E-state index is 13.7. The summed E-state index contributed by atoms with van der Waals surface area (Å²) in [5.74, 6) is -0.396. The molecule has 0 N–H and O–H groups in total.